The molecule has 0 fully saturated rings. The van der Waals surface area contributed by atoms with Crippen LogP contribution in [0.3, 0.4) is 0 Å². The van der Waals surface area contributed by atoms with Gasteiger partial charge in [0.25, 0.3) is 0 Å². The molecule has 0 atom stereocenters. The average molecular weight is 436 g/mol. The van der Waals surface area contributed by atoms with Crippen molar-refractivity contribution in [1.29, 1.82) is 0 Å². The maximum atomic E-state index is 13.4. The molecule has 0 bridgehead atoms. The lowest BCUT2D eigenvalue weighted by molar-refractivity contribution is 0.404. The van der Waals surface area contributed by atoms with E-state index in [2.05, 4.69) is 5.32 Å². The molecular weight excluding hydrogens is 418 g/mol. The Morgan fingerprint density at radius 2 is 2.00 bits per heavy atom. The highest BCUT2D eigenvalue weighted by atomic mass is 35.5. The van der Waals surface area contributed by atoms with Crippen LogP contribution < -0.4 is 10.1 Å². The molecule has 2 aromatic carbocycles. The van der Waals surface area contributed by atoms with Crippen molar-refractivity contribution in [3.8, 4) is 5.75 Å². The third-order valence-corrected chi connectivity index (χ3v) is 7.90. The molecule has 5 nitrogen and oxygen atoms in total. The zero-order valence-corrected chi connectivity index (χ0v) is 17.5. The van der Waals surface area contributed by atoms with Crippen molar-refractivity contribution < 1.29 is 17.6 Å². The predicted octanol–water partition coefficient (Wildman–Crippen LogP) is 4.56. The summed E-state index contributed by atoms with van der Waals surface area (Å²) in [6, 6.07) is 10.8. The largest absolute Gasteiger partial charge is 0.493 e. The van der Waals surface area contributed by atoms with Crippen LogP contribution in [-0.2, 0) is 22.8 Å². The first-order valence-corrected chi connectivity index (χ1v) is 11.0. The molecule has 0 spiro atoms. The topological polar surface area (TPSA) is 68.5 Å². The number of ether oxygens (including phenoxy) is 1. The number of benzene rings is 2. The molecule has 4 aromatic rings. The molecule has 0 saturated carbocycles. The maximum Gasteiger partial charge on any atom is 0.208 e. The van der Waals surface area contributed by atoms with E-state index in [-0.39, 0.29) is 17.3 Å². The van der Waals surface area contributed by atoms with Gasteiger partial charge in [-0.3, -0.25) is 0 Å². The molecule has 0 amide bonds. The number of hydrogen-bond acceptors (Lipinski definition) is 6. The Hall–Kier alpha value is -2.06. The minimum atomic E-state index is -3.68. The minimum Gasteiger partial charge on any atom is -0.493 e. The minimum absolute atomic E-state index is 0. The van der Waals surface area contributed by atoms with Crippen LogP contribution >= 0.6 is 23.7 Å². The molecule has 0 aliphatic carbocycles. The Morgan fingerprint density at radius 1 is 1.18 bits per heavy atom. The van der Waals surface area contributed by atoms with Crippen LogP contribution in [0, 0.1) is 0 Å². The highest BCUT2D eigenvalue weighted by Crippen LogP contribution is 2.39. The Morgan fingerprint density at radius 3 is 2.82 bits per heavy atom. The summed E-state index contributed by atoms with van der Waals surface area (Å²) in [7, 11) is -2.15. The van der Waals surface area contributed by atoms with E-state index in [1.165, 1.54) is 18.4 Å². The van der Waals surface area contributed by atoms with Crippen LogP contribution in [-0.4, -0.2) is 22.1 Å². The van der Waals surface area contributed by atoms with Crippen LogP contribution in [0.4, 0.5) is 0 Å². The molecule has 5 rings (SSSR count). The molecule has 1 aliphatic heterocycles. The standard InChI is InChI=1S/C20H17NO4S2.ClH/c1-24-17-9-12(8-14-15-10-21-7-6-16(15)25-20(14)17)27(22,23)19-11-26-18-5-3-2-4-13(18)19;/h2-5,8-9,11,21H,6-7,10H2,1H3;1H. The fourth-order valence-electron chi connectivity index (χ4n) is 3.65. The summed E-state index contributed by atoms with van der Waals surface area (Å²) in [6.07, 6.45) is 0.782. The van der Waals surface area contributed by atoms with Crippen molar-refractivity contribution >= 4 is 54.6 Å². The summed E-state index contributed by atoms with van der Waals surface area (Å²) in [5.41, 5.74) is 1.63. The van der Waals surface area contributed by atoms with Gasteiger partial charge in [0.15, 0.2) is 11.3 Å². The van der Waals surface area contributed by atoms with Gasteiger partial charge in [-0.1, -0.05) is 18.2 Å². The van der Waals surface area contributed by atoms with Crippen molar-refractivity contribution in [1.82, 2.24) is 5.32 Å². The quantitative estimate of drug-likeness (QED) is 0.511. The van der Waals surface area contributed by atoms with Gasteiger partial charge in [0.05, 0.1) is 16.9 Å². The van der Waals surface area contributed by atoms with Crippen LogP contribution in [0.25, 0.3) is 21.1 Å². The van der Waals surface area contributed by atoms with Gasteiger partial charge in [-0.25, -0.2) is 8.42 Å². The average Bonchev–Trinajstić information content (AvgIpc) is 3.29. The van der Waals surface area contributed by atoms with Crippen molar-refractivity contribution in [2.75, 3.05) is 13.7 Å². The number of fused-ring (bicyclic) bond motifs is 4. The smallest absolute Gasteiger partial charge is 0.208 e. The Labute approximate surface area is 172 Å². The molecule has 8 heteroatoms. The fraction of sp³-hybridized carbons (Fsp3) is 0.200. The summed E-state index contributed by atoms with van der Waals surface area (Å²) in [5, 5.41) is 6.58. The van der Waals surface area contributed by atoms with Gasteiger partial charge in [-0.05, 0) is 12.1 Å². The Bertz CT molecular complexity index is 1290. The van der Waals surface area contributed by atoms with Crippen molar-refractivity contribution in [2.24, 2.45) is 0 Å². The number of methoxy groups -OCH3 is 1. The number of thiophene rings is 1. The summed E-state index contributed by atoms with van der Waals surface area (Å²) in [5.74, 6) is 1.34. The van der Waals surface area contributed by atoms with Crippen LogP contribution in [0.15, 0.2) is 56.0 Å². The van der Waals surface area contributed by atoms with E-state index in [1.54, 1.807) is 17.5 Å². The number of sulfone groups is 1. The predicted molar refractivity (Wildman–Crippen MR) is 113 cm³/mol. The third-order valence-electron chi connectivity index (χ3n) is 5.01. The normalized spacial score (nSPS) is 14.0. The second-order valence-corrected chi connectivity index (χ2v) is 9.36. The molecule has 2 aromatic heterocycles. The van der Waals surface area contributed by atoms with Gasteiger partial charge in [0.1, 0.15) is 5.76 Å². The monoisotopic (exact) mass is 435 g/mol. The molecule has 1 aliphatic rings. The Kier molecular flexibility index (Phi) is 4.87. The van der Waals surface area contributed by atoms with Gasteiger partial charge in [0.2, 0.25) is 9.84 Å². The summed E-state index contributed by atoms with van der Waals surface area (Å²) in [4.78, 5) is 0.560. The lowest BCUT2D eigenvalue weighted by Crippen LogP contribution is -2.22. The summed E-state index contributed by atoms with van der Waals surface area (Å²) in [6.45, 7) is 1.51. The molecule has 3 heterocycles. The Balaban J connectivity index is 0.00000192. The number of nitrogens with one attached hydrogen (secondary N) is 1. The molecular formula is C20H18ClNO4S2. The first-order chi connectivity index (χ1) is 13.1. The van der Waals surface area contributed by atoms with Crippen LogP contribution in [0.2, 0.25) is 0 Å². The molecule has 0 radical (unpaired) electrons. The number of hydrogen-bond donors (Lipinski definition) is 1. The molecule has 146 valence electrons. The van der Waals surface area contributed by atoms with Gasteiger partial charge < -0.3 is 14.5 Å². The first kappa shape index (κ1) is 19.3. The fourth-order valence-corrected chi connectivity index (χ4v) is 6.44. The zero-order valence-electron chi connectivity index (χ0n) is 15.0. The van der Waals surface area contributed by atoms with Crippen LogP contribution in [0.5, 0.6) is 5.75 Å². The SMILES string of the molecule is COc1cc(S(=O)(=O)c2csc3ccccc23)cc2c3c(oc12)CCNC3.Cl. The second-order valence-electron chi connectivity index (χ2n) is 6.53. The van der Waals surface area contributed by atoms with Gasteiger partial charge in [-0.2, -0.15) is 0 Å². The van der Waals surface area contributed by atoms with Crippen molar-refractivity contribution in [3.05, 3.63) is 53.1 Å². The van der Waals surface area contributed by atoms with Gasteiger partial charge >= 0.3 is 0 Å². The van der Waals surface area contributed by atoms with Crippen molar-refractivity contribution in [2.45, 2.75) is 22.8 Å². The number of halogens is 1. The highest BCUT2D eigenvalue weighted by molar-refractivity contribution is 7.92. The van der Waals surface area contributed by atoms with Crippen LogP contribution in [0.1, 0.15) is 11.3 Å². The zero-order chi connectivity index (χ0) is 18.6. The molecule has 1 N–H and O–H groups in total. The maximum absolute atomic E-state index is 13.4. The van der Waals surface area contributed by atoms with E-state index >= 15 is 0 Å². The third kappa shape index (κ3) is 2.81. The highest BCUT2D eigenvalue weighted by Gasteiger charge is 2.27. The first-order valence-electron chi connectivity index (χ1n) is 8.64. The van der Waals surface area contributed by atoms with E-state index < -0.39 is 9.84 Å². The number of rotatable bonds is 3. The summed E-state index contributed by atoms with van der Waals surface area (Å²) >= 11 is 1.43. The molecule has 28 heavy (non-hydrogen) atoms. The van der Waals surface area contributed by atoms with E-state index in [9.17, 15) is 8.42 Å². The van der Waals surface area contributed by atoms with E-state index in [4.69, 9.17) is 9.15 Å². The second kappa shape index (κ2) is 7.08. The number of furan rings is 1. The lowest BCUT2D eigenvalue weighted by atomic mass is 10.1. The van der Waals surface area contributed by atoms with Crippen molar-refractivity contribution in [3.63, 3.8) is 0 Å². The van der Waals surface area contributed by atoms with Gasteiger partial charge in [0, 0.05) is 52.0 Å². The van der Waals surface area contributed by atoms with E-state index in [0.717, 1.165) is 39.8 Å². The van der Waals surface area contributed by atoms with E-state index in [1.807, 2.05) is 24.3 Å². The van der Waals surface area contributed by atoms with E-state index in [0.29, 0.717) is 22.8 Å². The molecule has 0 unspecified atom stereocenters. The summed E-state index contributed by atoms with van der Waals surface area (Å²) < 4.78 is 39.2. The lowest BCUT2D eigenvalue weighted by Gasteiger charge is -2.11. The van der Waals surface area contributed by atoms with Gasteiger partial charge in [-0.15, -0.1) is 23.7 Å². The molecule has 0 saturated heterocycles.